The highest BCUT2D eigenvalue weighted by Gasteiger charge is 2.21. The highest BCUT2D eigenvalue weighted by Crippen LogP contribution is 2.34. The number of nitrogens with zero attached hydrogens (tertiary/aromatic N) is 6. The number of pyridine rings is 2. The van der Waals surface area contributed by atoms with E-state index in [2.05, 4.69) is 15.1 Å². The average molecular weight is 462 g/mol. The van der Waals surface area contributed by atoms with E-state index >= 15 is 0 Å². The van der Waals surface area contributed by atoms with Gasteiger partial charge in [0.2, 0.25) is 11.5 Å². The number of fused-ring (bicyclic) bond motifs is 1. The fraction of sp³-hybridized carbons (Fsp3) is 0.0870. The quantitative estimate of drug-likeness (QED) is 0.439. The largest absolute Gasteiger partial charge is 0.368 e. The number of benzene rings is 1. The van der Waals surface area contributed by atoms with Crippen molar-refractivity contribution >= 4 is 23.2 Å². The molecule has 0 unspecified atom stereocenters. The van der Waals surface area contributed by atoms with Crippen molar-refractivity contribution in [2.45, 2.75) is 6.42 Å². The normalized spacial score (nSPS) is 11.2. The highest BCUT2D eigenvalue weighted by atomic mass is 35.5. The summed E-state index contributed by atoms with van der Waals surface area (Å²) in [4.78, 5) is 25.6. The Morgan fingerprint density at radius 2 is 1.82 bits per heavy atom. The van der Waals surface area contributed by atoms with Gasteiger partial charge in [0.25, 0.3) is 0 Å². The summed E-state index contributed by atoms with van der Waals surface area (Å²) in [6, 6.07) is 12.6. The number of halogens is 2. The standard InChI is InChI=1S/C23H17ClFN7O/c1-31-12-14(6-9-19(31)33)20-21(13-4-7-15(25)8-5-13)29-23(26)32-22(20)28-18(30-32)11-17-16(24)3-2-10-27-17/h2-10,12H,11H2,1H3,(H2,26,29). The number of nitrogen functional groups attached to an aromatic ring is 1. The lowest BCUT2D eigenvalue weighted by molar-refractivity contribution is 0.628. The van der Waals surface area contributed by atoms with Crippen LogP contribution in [-0.2, 0) is 13.5 Å². The molecule has 5 aromatic rings. The molecule has 4 aromatic heterocycles. The second-order valence-electron chi connectivity index (χ2n) is 7.44. The van der Waals surface area contributed by atoms with Crippen LogP contribution in [0.3, 0.4) is 0 Å². The van der Waals surface area contributed by atoms with E-state index in [-0.39, 0.29) is 17.3 Å². The topological polar surface area (TPSA) is 104 Å². The Kier molecular flexibility index (Phi) is 5.10. The van der Waals surface area contributed by atoms with Crippen molar-refractivity contribution in [2.24, 2.45) is 7.05 Å². The van der Waals surface area contributed by atoms with Gasteiger partial charge in [-0.05, 0) is 42.5 Å². The van der Waals surface area contributed by atoms with Crippen LogP contribution in [0.15, 0.2) is 65.7 Å². The molecule has 0 saturated heterocycles. The number of hydrogen-bond donors (Lipinski definition) is 1. The Hall–Kier alpha value is -4.11. The van der Waals surface area contributed by atoms with Gasteiger partial charge in [0.15, 0.2) is 11.5 Å². The molecule has 0 fully saturated rings. The van der Waals surface area contributed by atoms with E-state index in [1.54, 1.807) is 49.8 Å². The number of hydrogen-bond acceptors (Lipinski definition) is 6. The van der Waals surface area contributed by atoms with Crippen LogP contribution in [0.5, 0.6) is 0 Å². The van der Waals surface area contributed by atoms with Crippen LogP contribution >= 0.6 is 11.6 Å². The third kappa shape index (κ3) is 3.83. The lowest BCUT2D eigenvalue weighted by atomic mass is 10.0. The summed E-state index contributed by atoms with van der Waals surface area (Å²) in [6.07, 6.45) is 3.63. The maximum Gasteiger partial charge on any atom is 0.250 e. The molecule has 0 atom stereocenters. The minimum Gasteiger partial charge on any atom is -0.368 e. The van der Waals surface area contributed by atoms with E-state index in [1.165, 1.54) is 27.3 Å². The van der Waals surface area contributed by atoms with Gasteiger partial charge in [0, 0.05) is 36.6 Å². The molecule has 0 amide bonds. The Morgan fingerprint density at radius 1 is 1.06 bits per heavy atom. The third-order valence-electron chi connectivity index (χ3n) is 5.21. The zero-order chi connectivity index (χ0) is 23.1. The van der Waals surface area contributed by atoms with Crippen LogP contribution in [-0.4, -0.2) is 29.1 Å². The van der Waals surface area contributed by atoms with Gasteiger partial charge in [-0.1, -0.05) is 11.6 Å². The maximum atomic E-state index is 13.6. The zero-order valence-electron chi connectivity index (χ0n) is 17.4. The van der Waals surface area contributed by atoms with Crippen molar-refractivity contribution in [3.63, 3.8) is 0 Å². The summed E-state index contributed by atoms with van der Waals surface area (Å²) in [7, 11) is 1.66. The van der Waals surface area contributed by atoms with Crippen LogP contribution in [0, 0.1) is 5.82 Å². The van der Waals surface area contributed by atoms with Crippen LogP contribution in [0.25, 0.3) is 28.0 Å². The summed E-state index contributed by atoms with van der Waals surface area (Å²) < 4.78 is 16.5. The van der Waals surface area contributed by atoms with Crippen molar-refractivity contribution in [1.29, 1.82) is 0 Å². The molecule has 0 aliphatic heterocycles. The molecular formula is C23H17ClFN7O. The first-order valence-electron chi connectivity index (χ1n) is 9.98. The van der Waals surface area contributed by atoms with Crippen LogP contribution < -0.4 is 11.3 Å². The van der Waals surface area contributed by atoms with Crippen LogP contribution in [0.2, 0.25) is 5.02 Å². The second kappa shape index (κ2) is 8.10. The summed E-state index contributed by atoms with van der Waals surface area (Å²) in [6.45, 7) is 0. The van der Waals surface area contributed by atoms with E-state index in [0.717, 1.165) is 0 Å². The fourth-order valence-corrected chi connectivity index (χ4v) is 3.79. The molecule has 0 aliphatic carbocycles. The minimum atomic E-state index is -0.367. The van der Waals surface area contributed by atoms with Crippen LogP contribution in [0.1, 0.15) is 11.5 Å². The Balaban J connectivity index is 1.77. The van der Waals surface area contributed by atoms with E-state index in [9.17, 15) is 9.18 Å². The van der Waals surface area contributed by atoms with E-state index in [4.69, 9.17) is 22.3 Å². The van der Waals surface area contributed by atoms with Crippen molar-refractivity contribution in [1.82, 2.24) is 29.1 Å². The van der Waals surface area contributed by atoms with Gasteiger partial charge in [-0.15, -0.1) is 5.10 Å². The maximum absolute atomic E-state index is 13.6. The van der Waals surface area contributed by atoms with Crippen molar-refractivity contribution in [3.8, 4) is 22.4 Å². The predicted octanol–water partition coefficient (Wildman–Crippen LogP) is 3.52. The SMILES string of the molecule is Cn1cc(-c2c(-c3ccc(F)cc3)nc(N)n3nc(Cc4ncccc4Cl)nc23)ccc1=O. The first-order valence-corrected chi connectivity index (χ1v) is 10.4. The molecule has 0 saturated carbocycles. The second-order valence-corrected chi connectivity index (χ2v) is 7.85. The van der Waals surface area contributed by atoms with Gasteiger partial charge in [-0.25, -0.2) is 14.4 Å². The minimum absolute atomic E-state index is 0.115. The molecule has 1 aromatic carbocycles. The summed E-state index contributed by atoms with van der Waals surface area (Å²) >= 11 is 6.26. The highest BCUT2D eigenvalue weighted by molar-refractivity contribution is 6.31. The van der Waals surface area contributed by atoms with Crippen molar-refractivity contribution in [2.75, 3.05) is 5.73 Å². The number of rotatable bonds is 4. The van der Waals surface area contributed by atoms with Crippen molar-refractivity contribution in [3.05, 3.63) is 93.6 Å². The van der Waals surface area contributed by atoms with Crippen molar-refractivity contribution < 1.29 is 4.39 Å². The number of anilines is 1. The number of aryl methyl sites for hydroxylation is 1. The summed E-state index contributed by atoms with van der Waals surface area (Å²) in [5.41, 5.74) is 9.59. The third-order valence-corrected chi connectivity index (χ3v) is 5.55. The molecule has 4 heterocycles. The molecule has 164 valence electrons. The van der Waals surface area contributed by atoms with Crippen LogP contribution in [0.4, 0.5) is 10.3 Å². The molecule has 8 nitrogen and oxygen atoms in total. The lowest BCUT2D eigenvalue weighted by Gasteiger charge is -2.12. The van der Waals surface area contributed by atoms with Gasteiger partial charge in [0.1, 0.15) is 5.82 Å². The van der Waals surface area contributed by atoms with Gasteiger partial charge < -0.3 is 10.3 Å². The molecule has 2 N–H and O–H groups in total. The molecule has 0 radical (unpaired) electrons. The van der Waals surface area contributed by atoms with E-state index < -0.39 is 0 Å². The Morgan fingerprint density at radius 3 is 2.55 bits per heavy atom. The van der Waals surface area contributed by atoms with E-state index in [1.807, 2.05) is 0 Å². The lowest BCUT2D eigenvalue weighted by Crippen LogP contribution is -2.14. The zero-order valence-corrected chi connectivity index (χ0v) is 18.2. The first kappa shape index (κ1) is 20.8. The van der Waals surface area contributed by atoms with Gasteiger partial charge in [0.05, 0.1) is 28.4 Å². The van der Waals surface area contributed by atoms with Gasteiger partial charge >= 0.3 is 0 Å². The average Bonchev–Trinajstić information content (AvgIpc) is 3.22. The monoisotopic (exact) mass is 461 g/mol. The molecule has 10 heteroatoms. The molecular weight excluding hydrogens is 445 g/mol. The molecule has 33 heavy (non-hydrogen) atoms. The van der Waals surface area contributed by atoms with Gasteiger partial charge in [-0.3, -0.25) is 9.78 Å². The fourth-order valence-electron chi connectivity index (χ4n) is 3.60. The predicted molar refractivity (Wildman–Crippen MR) is 123 cm³/mol. The van der Waals surface area contributed by atoms with E-state index in [0.29, 0.717) is 51.0 Å². The molecule has 0 aliphatic rings. The summed E-state index contributed by atoms with van der Waals surface area (Å²) in [5.74, 6) is 0.198. The smallest absolute Gasteiger partial charge is 0.250 e. The van der Waals surface area contributed by atoms with Gasteiger partial charge in [-0.2, -0.15) is 4.52 Å². The molecule has 0 bridgehead atoms. The first-order chi connectivity index (χ1) is 15.9. The molecule has 0 spiro atoms. The molecule has 5 rings (SSSR count). The number of nitrogens with two attached hydrogens (primary N) is 1. The Bertz CT molecular complexity index is 1560. The summed E-state index contributed by atoms with van der Waals surface area (Å²) in [5, 5.41) is 5.02. The number of aromatic nitrogens is 6. The Labute approximate surface area is 192 Å².